The fraction of sp³-hybridized carbons (Fsp3) is 0.412. The van der Waals surface area contributed by atoms with Gasteiger partial charge in [0.2, 0.25) is 5.16 Å². The lowest BCUT2D eigenvalue weighted by molar-refractivity contribution is 0.109. The highest BCUT2D eigenvalue weighted by molar-refractivity contribution is 7.84. The molecule has 3 aromatic rings. The molecule has 0 aromatic carbocycles. The third kappa shape index (κ3) is 3.58. The summed E-state index contributed by atoms with van der Waals surface area (Å²) in [5.41, 5.74) is 8.62. The number of hydrogen-bond acceptors (Lipinski definition) is 7. The predicted molar refractivity (Wildman–Crippen MR) is 100 cm³/mol. The molecule has 138 valence electrons. The Kier molecular flexibility index (Phi) is 5.58. The number of aryl methyl sites for hydroxylation is 2. The Morgan fingerprint density at radius 2 is 2.04 bits per heavy atom. The highest BCUT2D eigenvalue weighted by Crippen LogP contribution is 2.27. The maximum Gasteiger partial charge on any atom is 0.218 e. The number of nitrogen functional groups attached to an aromatic ring is 1. The molecule has 0 amide bonds. The van der Waals surface area contributed by atoms with E-state index in [1.165, 1.54) is 0 Å². The quantitative estimate of drug-likeness (QED) is 0.630. The molecule has 2 N–H and O–H groups in total. The number of aromatic nitrogens is 5. The van der Waals surface area contributed by atoms with Crippen LogP contribution in [0.4, 0.5) is 5.82 Å². The average Bonchev–Trinajstić information content (AvgIpc) is 3.05. The minimum absolute atomic E-state index is 0.191. The number of fused-ring (bicyclic) bond motifs is 1. The molecule has 0 aliphatic carbocycles. The molecule has 26 heavy (non-hydrogen) atoms. The van der Waals surface area contributed by atoms with Crippen LogP contribution in [0.25, 0.3) is 11.0 Å². The molecule has 8 nitrogen and oxygen atoms in total. The highest BCUT2D eigenvalue weighted by atomic mass is 32.2. The van der Waals surface area contributed by atoms with Gasteiger partial charge < -0.3 is 15.0 Å². The Morgan fingerprint density at radius 3 is 2.73 bits per heavy atom. The van der Waals surface area contributed by atoms with Crippen molar-refractivity contribution in [2.45, 2.75) is 38.1 Å². The van der Waals surface area contributed by atoms with Gasteiger partial charge in [-0.25, -0.2) is 19.9 Å². The van der Waals surface area contributed by atoms with E-state index in [1.54, 1.807) is 31.8 Å². The highest BCUT2D eigenvalue weighted by Gasteiger charge is 2.20. The molecule has 0 saturated heterocycles. The number of methoxy groups -OCH3 is 1. The van der Waals surface area contributed by atoms with Crippen molar-refractivity contribution in [3.8, 4) is 0 Å². The topological polar surface area (TPSA) is 109 Å². The standard InChI is InChI=1S/C17H22N6O2S/c1-11-10-21-15(18)13-14(11)23(16(22-13)12(2)25-3)8-5-9-26(24)17-19-6-4-7-20-17/h4,6-7,10,12H,5,8-9H2,1-3H3,(H2,18,21). The SMILES string of the molecule is COC(C)c1nc2c(N)ncc(C)c2n1CCCS(=O)c1ncccn1. The van der Waals surface area contributed by atoms with Crippen LogP contribution < -0.4 is 5.73 Å². The molecule has 0 fully saturated rings. The summed E-state index contributed by atoms with van der Waals surface area (Å²) in [6.45, 7) is 4.55. The summed E-state index contributed by atoms with van der Waals surface area (Å²) in [7, 11) is 0.412. The van der Waals surface area contributed by atoms with Crippen LogP contribution in [0.15, 0.2) is 29.8 Å². The van der Waals surface area contributed by atoms with Crippen molar-refractivity contribution >= 4 is 27.7 Å². The van der Waals surface area contributed by atoms with Gasteiger partial charge in [0.05, 0.1) is 16.3 Å². The fourth-order valence-corrected chi connectivity index (χ4v) is 3.76. The lowest BCUT2D eigenvalue weighted by Gasteiger charge is -2.14. The molecule has 0 spiro atoms. The van der Waals surface area contributed by atoms with Gasteiger partial charge in [0.1, 0.15) is 17.4 Å². The number of ether oxygens (including phenoxy) is 1. The molecule has 0 bridgehead atoms. The van der Waals surface area contributed by atoms with Crippen LogP contribution in [-0.4, -0.2) is 41.6 Å². The summed E-state index contributed by atoms with van der Waals surface area (Å²) in [4.78, 5) is 16.9. The van der Waals surface area contributed by atoms with Gasteiger partial charge in [0, 0.05) is 38.0 Å². The van der Waals surface area contributed by atoms with Crippen LogP contribution in [0.1, 0.15) is 30.8 Å². The molecule has 0 aliphatic heterocycles. The minimum atomic E-state index is -1.23. The van der Waals surface area contributed by atoms with Gasteiger partial charge in [-0.1, -0.05) is 0 Å². The van der Waals surface area contributed by atoms with Crippen LogP contribution >= 0.6 is 0 Å². The van der Waals surface area contributed by atoms with Crippen molar-refractivity contribution in [1.82, 2.24) is 24.5 Å². The van der Waals surface area contributed by atoms with E-state index < -0.39 is 10.8 Å². The Labute approximate surface area is 154 Å². The number of hydrogen-bond donors (Lipinski definition) is 1. The zero-order valence-corrected chi connectivity index (χ0v) is 15.9. The van der Waals surface area contributed by atoms with E-state index in [0.29, 0.717) is 35.2 Å². The number of nitrogens with zero attached hydrogens (tertiary/aromatic N) is 5. The molecule has 2 atom stereocenters. The first-order chi connectivity index (χ1) is 12.5. The van der Waals surface area contributed by atoms with Crippen molar-refractivity contribution in [3.63, 3.8) is 0 Å². The van der Waals surface area contributed by atoms with E-state index in [4.69, 9.17) is 10.5 Å². The molecular weight excluding hydrogens is 352 g/mol. The van der Waals surface area contributed by atoms with Gasteiger partial charge in [0.25, 0.3) is 0 Å². The second-order valence-corrected chi connectivity index (χ2v) is 7.42. The lowest BCUT2D eigenvalue weighted by Crippen LogP contribution is -2.12. The van der Waals surface area contributed by atoms with Gasteiger partial charge in [-0.3, -0.25) is 4.21 Å². The summed E-state index contributed by atoms with van der Waals surface area (Å²) in [5.74, 6) is 1.65. The van der Waals surface area contributed by atoms with Crippen molar-refractivity contribution in [3.05, 3.63) is 36.0 Å². The molecular formula is C17H22N6O2S. The summed E-state index contributed by atoms with van der Waals surface area (Å²) >= 11 is 0. The zero-order valence-electron chi connectivity index (χ0n) is 15.0. The molecule has 0 aliphatic rings. The summed E-state index contributed by atoms with van der Waals surface area (Å²) in [6, 6.07) is 1.71. The van der Waals surface area contributed by atoms with Gasteiger partial charge in [-0.2, -0.15) is 0 Å². The normalized spacial score (nSPS) is 13.8. The molecule has 0 radical (unpaired) electrons. The minimum Gasteiger partial charge on any atom is -0.382 e. The number of nitrogens with two attached hydrogens (primary N) is 1. The van der Waals surface area contributed by atoms with Gasteiger partial charge in [0.15, 0.2) is 5.82 Å². The second-order valence-electron chi connectivity index (χ2n) is 5.96. The maximum atomic E-state index is 12.3. The molecule has 3 aromatic heterocycles. The van der Waals surface area contributed by atoms with Gasteiger partial charge in [-0.15, -0.1) is 0 Å². The fourth-order valence-electron chi connectivity index (χ4n) is 2.83. The Morgan fingerprint density at radius 1 is 1.31 bits per heavy atom. The second kappa shape index (κ2) is 7.88. The van der Waals surface area contributed by atoms with Crippen molar-refractivity contribution in [1.29, 1.82) is 0 Å². The van der Waals surface area contributed by atoms with Crippen LogP contribution in [0, 0.1) is 6.92 Å². The monoisotopic (exact) mass is 374 g/mol. The predicted octanol–water partition coefficient (Wildman–Crippen LogP) is 2.02. The van der Waals surface area contributed by atoms with Gasteiger partial charge >= 0.3 is 0 Å². The summed E-state index contributed by atoms with van der Waals surface area (Å²) in [6.07, 6.45) is 5.43. The van der Waals surface area contributed by atoms with E-state index in [0.717, 1.165) is 16.9 Å². The first-order valence-electron chi connectivity index (χ1n) is 8.32. The summed E-state index contributed by atoms with van der Waals surface area (Å²) in [5, 5.41) is 0.359. The van der Waals surface area contributed by atoms with Gasteiger partial charge in [-0.05, 0) is 31.9 Å². The molecule has 2 unspecified atom stereocenters. The molecule has 0 saturated carbocycles. The molecule has 9 heteroatoms. The average molecular weight is 374 g/mol. The maximum absolute atomic E-state index is 12.3. The first kappa shape index (κ1) is 18.4. The lowest BCUT2D eigenvalue weighted by atomic mass is 10.2. The third-order valence-corrected chi connectivity index (χ3v) is 5.46. The van der Waals surface area contributed by atoms with E-state index in [1.807, 2.05) is 13.8 Å². The molecule has 3 heterocycles. The smallest absolute Gasteiger partial charge is 0.218 e. The first-order valence-corrected chi connectivity index (χ1v) is 9.64. The Bertz CT molecular complexity index is 928. The number of pyridine rings is 1. The van der Waals surface area contributed by atoms with Crippen molar-refractivity contribution < 1.29 is 8.95 Å². The number of anilines is 1. The van der Waals surface area contributed by atoms with Crippen molar-refractivity contribution in [2.24, 2.45) is 0 Å². The largest absolute Gasteiger partial charge is 0.382 e. The summed E-state index contributed by atoms with van der Waals surface area (Å²) < 4.78 is 19.9. The number of rotatable bonds is 7. The van der Waals surface area contributed by atoms with Crippen LogP contribution in [0.2, 0.25) is 0 Å². The van der Waals surface area contributed by atoms with E-state index in [2.05, 4.69) is 24.5 Å². The van der Waals surface area contributed by atoms with Crippen LogP contribution in [0.3, 0.4) is 0 Å². The van der Waals surface area contributed by atoms with Crippen molar-refractivity contribution in [2.75, 3.05) is 18.6 Å². The zero-order chi connectivity index (χ0) is 18.7. The molecule has 3 rings (SSSR count). The van der Waals surface area contributed by atoms with Crippen LogP contribution in [0.5, 0.6) is 0 Å². The van der Waals surface area contributed by atoms with E-state index in [9.17, 15) is 4.21 Å². The van der Waals surface area contributed by atoms with Crippen LogP contribution in [-0.2, 0) is 22.1 Å². The Hall–Kier alpha value is -2.39. The Balaban J connectivity index is 1.86. The van der Waals surface area contributed by atoms with E-state index in [-0.39, 0.29) is 6.10 Å². The van der Waals surface area contributed by atoms with E-state index >= 15 is 0 Å². The number of imidazole rings is 1. The third-order valence-electron chi connectivity index (χ3n) is 4.18.